The van der Waals surface area contributed by atoms with Gasteiger partial charge in [0.05, 0.1) is 10.2 Å². The van der Waals surface area contributed by atoms with E-state index >= 15 is 0 Å². The third-order valence-electron chi connectivity index (χ3n) is 3.07. The van der Waals surface area contributed by atoms with Crippen LogP contribution in [0, 0.1) is 20.8 Å². The predicted molar refractivity (Wildman–Crippen MR) is 79.2 cm³/mol. The Morgan fingerprint density at radius 1 is 1.37 bits per heavy atom. The number of nitrogens with zero attached hydrogens (tertiary/aromatic N) is 2. The number of amides is 1. The molecule has 1 aromatic carbocycles. The summed E-state index contributed by atoms with van der Waals surface area (Å²) in [5, 5.41) is 7.15. The van der Waals surface area contributed by atoms with Gasteiger partial charge in [0.1, 0.15) is 6.54 Å². The van der Waals surface area contributed by atoms with Crippen molar-refractivity contribution in [2.45, 2.75) is 27.3 Å². The molecule has 5 heteroatoms. The minimum absolute atomic E-state index is 0.0799. The zero-order valence-electron chi connectivity index (χ0n) is 11.2. The summed E-state index contributed by atoms with van der Waals surface area (Å²) in [4.78, 5) is 12.0. The van der Waals surface area contributed by atoms with Gasteiger partial charge in [-0.15, -0.1) is 0 Å². The van der Waals surface area contributed by atoms with Crippen molar-refractivity contribution in [1.29, 1.82) is 0 Å². The number of rotatable bonds is 3. The van der Waals surface area contributed by atoms with E-state index in [0.717, 1.165) is 27.0 Å². The van der Waals surface area contributed by atoms with Crippen molar-refractivity contribution in [3.63, 3.8) is 0 Å². The van der Waals surface area contributed by atoms with E-state index in [1.165, 1.54) is 0 Å². The molecule has 0 unspecified atom stereocenters. The number of carbonyl (C=O) groups is 1. The highest BCUT2D eigenvalue weighted by Crippen LogP contribution is 2.18. The Balaban J connectivity index is 2.07. The second-order valence-corrected chi connectivity index (χ2v) is 5.41. The van der Waals surface area contributed by atoms with Gasteiger partial charge in [-0.25, -0.2) is 0 Å². The number of aromatic nitrogens is 2. The zero-order valence-corrected chi connectivity index (χ0v) is 12.8. The first-order valence-corrected chi connectivity index (χ1v) is 6.82. The van der Waals surface area contributed by atoms with Crippen LogP contribution in [-0.2, 0) is 11.3 Å². The maximum Gasteiger partial charge on any atom is 0.246 e. The Kier molecular flexibility index (Phi) is 4.04. The van der Waals surface area contributed by atoms with Gasteiger partial charge in [-0.1, -0.05) is 12.1 Å². The fraction of sp³-hybridized carbons (Fsp3) is 0.286. The molecule has 0 bridgehead atoms. The number of hydrogen-bond acceptors (Lipinski definition) is 2. The third kappa shape index (κ3) is 3.23. The monoisotopic (exact) mass is 321 g/mol. The average Bonchev–Trinajstić information content (AvgIpc) is 2.64. The Hall–Kier alpha value is -1.62. The molecular weight excluding hydrogens is 306 g/mol. The Morgan fingerprint density at radius 2 is 2.11 bits per heavy atom. The highest BCUT2D eigenvalue weighted by atomic mass is 79.9. The molecule has 0 saturated carbocycles. The van der Waals surface area contributed by atoms with Gasteiger partial charge in [0.2, 0.25) is 5.91 Å². The van der Waals surface area contributed by atoms with Gasteiger partial charge in [-0.3, -0.25) is 9.48 Å². The molecule has 100 valence electrons. The Bertz CT molecular complexity index is 600. The molecule has 1 aromatic heterocycles. The molecule has 1 amide bonds. The lowest BCUT2D eigenvalue weighted by Gasteiger charge is -2.10. The van der Waals surface area contributed by atoms with Gasteiger partial charge in [-0.2, -0.15) is 5.10 Å². The van der Waals surface area contributed by atoms with E-state index in [9.17, 15) is 4.79 Å². The van der Waals surface area contributed by atoms with Crippen LogP contribution < -0.4 is 5.32 Å². The van der Waals surface area contributed by atoms with Gasteiger partial charge in [0, 0.05) is 11.9 Å². The molecule has 0 aliphatic carbocycles. The van der Waals surface area contributed by atoms with E-state index in [0.29, 0.717) is 0 Å². The molecule has 0 spiro atoms. The molecule has 0 atom stereocenters. The quantitative estimate of drug-likeness (QED) is 0.943. The number of benzene rings is 1. The first-order valence-electron chi connectivity index (χ1n) is 6.03. The van der Waals surface area contributed by atoms with E-state index in [1.54, 1.807) is 10.9 Å². The van der Waals surface area contributed by atoms with Crippen molar-refractivity contribution in [2.24, 2.45) is 0 Å². The molecule has 0 saturated heterocycles. The highest BCUT2D eigenvalue weighted by molar-refractivity contribution is 9.10. The second kappa shape index (κ2) is 5.57. The van der Waals surface area contributed by atoms with Gasteiger partial charge in [0.25, 0.3) is 0 Å². The summed E-state index contributed by atoms with van der Waals surface area (Å²) in [6, 6.07) is 5.87. The fourth-order valence-electron chi connectivity index (χ4n) is 1.80. The maximum absolute atomic E-state index is 12.0. The van der Waals surface area contributed by atoms with Crippen molar-refractivity contribution in [3.05, 3.63) is 45.7 Å². The second-order valence-electron chi connectivity index (χ2n) is 4.56. The largest absolute Gasteiger partial charge is 0.324 e. The third-order valence-corrected chi connectivity index (χ3v) is 3.85. The van der Waals surface area contributed by atoms with E-state index < -0.39 is 0 Å². The fourth-order valence-corrected chi connectivity index (χ4v) is 2.11. The molecule has 2 rings (SSSR count). The summed E-state index contributed by atoms with van der Waals surface area (Å²) >= 11 is 3.38. The van der Waals surface area contributed by atoms with Crippen LogP contribution >= 0.6 is 15.9 Å². The standard InChI is InChI=1S/C14H16BrN3O/c1-9-5-4-6-13(10(9)2)16-14(19)8-18-7-12(15)11(3)17-18/h4-7H,8H2,1-3H3,(H,16,19). The van der Waals surface area contributed by atoms with E-state index in [2.05, 4.69) is 26.3 Å². The van der Waals surface area contributed by atoms with Crippen LogP contribution in [0.25, 0.3) is 0 Å². The van der Waals surface area contributed by atoms with E-state index in [1.807, 2.05) is 39.0 Å². The molecule has 0 aliphatic heterocycles. The zero-order chi connectivity index (χ0) is 14.0. The molecule has 0 aliphatic rings. The van der Waals surface area contributed by atoms with Crippen LogP contribution in [0.15, 0.2) is 28.9 Å². The lowest BCUT2D eigenvalue weighted by molar-refractivity contribution is -0.116. The highest BCUT2D eigenvalue weighted by Gasteiger charge is 2.08. The number of halogens is 1. The van der Waals surface area contributed by atoms with Crippen LogP contribution in [0.5, 0.6) is 0 Å². The van der Waals surface area contributed by atoms with Crippen molar-refractivity contribution >= 4 is 27.5 Å². The van der Waals surface area contributed by atoms with Crippen LogP contribution in [0.2, 0.25) is 0 Å². The number of nitrogens with one attached hydrogen (secondary N) is 1. The smallest absolute Gasteiger partial charge is 0.246 e. The summed E-state index contributed by atoms with van der Waals surface area (Å²) in [5.74, 6) is -0.0799. The molecule has 0 radical (unpaired) electrons. The summed E-state index contributed by atoms with van der Waals surface area (Å²) < 4.78 is 2.53. The maximum atomic E-state index is 12.0. The van der Waals surface area contributed by atoms with Crippen molar-refractivity contribution in [3.8, 4) is 0 Å². The molecular formula is C14H16BrN3O. The van der Waals surface area contributed by atoms with Crippen LogP contribution in [-0.4, -0.2) is 15.7 Å². The van der Waals surface area contributed by atoms with Crippen molar-refractivity contribution in [2.75, 3.05) is 5.32 Å². The normalized spacial score (nSPS) is 10.5. The lowest BCUT2D eigenvalue weighted by Crippen LogP contribution is -2.19. The molecule has 19 heavy (non-hydrogen) atoms. The summed E-state index contributed by atoms with van der Waals surface area (Å²) in [6.07, 6.45) is 1.80. The number of carbonyl (C=O) groups excluding carboxylic acids is 1. The molecule has 1 N–H and O–H groups in total. The Morgan fingerprint density at radius 3 is 2.74 bits per heavy atom. The topological polar surface area (TPSA) is 46.9 Å². The number of anilines is 1. The minimum Gasteiger partial charge on any atom is -0.324 e. The SMILES string of the molecule is Cc1cccc(NC(=O)Cn2cc(Br)c(C)n2)c1C. The molecule has 4 nitrogen and oxygen atoms in total. The summed E-state index contributed by atoms with van der Waals surface area (Å²) in [7, 11) is 0. The minimum atomic E-state index is -0.0799. The molecule has 1 heterocycles. The van der Waals surface area contributed by atoms with Crippen LogP contribution in [0.1, 0.15) is 16.8 Å². The number of hydrogen-bond donors (Lipinski definition) is 1. The molecule has 2 aromatic rings. The van der Waals surface area contributed by atoms with Gasteiger partial charge >= 0.3 is 0 Å². The van der Waals surface area contributed by atoms with E-state index in [4.69, 9.17) is 0 Å². The van der Waals surface area contributed by atoms with Crippen LogP contribution in [0.4, 0.5) is 5.69 Å². The first kappa shape index (κ1) is 13.8. The summed E-state index contributed by atoms with van der Waals surface area (Å²) in [6.45, 7) is 6.13. The van der Waals surface area contributed by atoms with Crippen LogP contribution in [0.3, 0.4) is 0 Å². The van der Waals surface area contributed by atoms with Gasteiger partial charge in [-0.05, 0) is 53.9 Å². The molecule has 0 fully saturated rings. The van der Waals surface area contributed by atoms with Crippen molar-refractivity contribution in [1.82, 2.24) is 9.78 Å². The first-order chi connectivity index (χ1) is 8.97. The van der Waals surface area contributed by atoms with E-state index in [-0.39, 0.29) is 12.5 Å². The average molecular weight is 322 g/mol. The summed E-state index contributed by atoms with van der Waals surface area (Å²) in [5.41, 5.74) is 3.98. The van der Waals surface area contributed by atoms with Gasteiger partial charge < -0.3 is 5.32 Å². The predicted octanol–water partition coefficient (Wildman–Crippen LogP) is 3.21. The Labute approximate surface area is 120 Å². The van der Waals surface area contributed by atoms with Crippen molar-refractivity contribution < 1.29 is 4.79 Å². The number of aryl methyl sites for hydroxylation is 2. The lowest BCUT2D eigenvalue weighted by atomic mass is 10.1. The van der Waals surface area contributed by atoms with Gasteiger partial charge in [0.15, 0.2) is 0 Å².